The Morgan fingerprint density at radius 1 is 0.929 bits per heavy atom. The molecule has 1 aromatic heterocycles. The van der Waals surface area contributed by atoms with E-state index < -0.39 is 0 Å². The largest absolute Gasteiger partial charge is 0.348 e. The first-order valence-electron chi connectivity index (χ1n) is 9.11. The minimum Gasteiger partial charge on any atom is -0.348 e. The third-order valence-electron chi connectivity index (χ3n) is 4.01. The number of amides is 2. The number of carbonyl (C=O) groups excluding carboxylic acids is 2. The van der Waals surface area contributed by atoms with Gasteiger partial charge in [0, 0.05) is 35.0 Å². The van der Waals surface area contributed by atoms with Crippen molar-refractivity contribution in [1.82, 2.24) is 20.4 Å². The van der Waals surface area contributed by atoms with E-state index >= 15 is 0 Å². The van der Waals surface area contributed by atoms with Crippen LogP contribution in [0.1, 0.15) is 47.1 Å². The Morgan fingerprint density at radius 3 is 2.14 bits per heavy atom. The lowest BCUT2D eigenvalue weighted by Crippen LogP contribution is -2.40. The van der Waals surface area contributed by atoms with Gasteiger partial charge in [-0.2, -0.15) is 5.10 Å². The Hall–Kier alpha value is -3.41. The maximum atomic E-state index is 12.4. The molecule has 144 valence electrons. The number of carbonyl (C=O) groups is 2. The van der Waals surface area contributed by atoms with E-state index in [4.69, 9.17) is 0 Å². The van der Waals surface area contributed by atoms with Gasteiger partial charge >= 0.3 is 0 Å². The van der Waals surface area contributed by atoms with Crippen molar-refractivity contribution >= 4 is 11.8 Å². The van der Waals surface area contributed by atoms with Crippen molar-refractivity contribution in [2.45, 2.75) is 32.9 Å². The second kappa shape index (κ2) is 8.08. The lowest BCUT2D eigenvalue weighted by molar-refractivity contribution is 0.0915. The average Bonchev–Trinajstić information content (AvgIpc) is 3.15. The van der Waals surface area contributed by atoms with Crippen LogP contribution < -0.4 is 10.6 Å². The highest BCUT2D eigenvalue weighted by Crippen LogP contribution is 2.09. The van der Waals surface area contributed by atoms with Crippen molar-refractivity contribution in [1.29, 1.82) is 0 Å². The summed E-state index contributed by atoms with van der Waals surface area (Å²) in [5.41, 5.74) is 2.58. The average molecular weight is 376 g/mol. The number of benzene rings is 2. The van der Waals surface area contributed by atoms with E-state index in [0.717, 1.165) is 11.3 Å². The zero-order chi connectivity index (χ0) is 20.1. The summed E-state index contributed by atoms with van der Waals surface area (Å²) < 4.78 is 1.77. The summed E-state index contributed by atoms with van der Waals surface area (Å²) in [6.07, 6.45) is 3.61. The van der Waals surface area contributed by atoms with Gasteiger partial charge in [-0.05, 0) is 57.2 Å². The van der Waals surface area contributed by atoms with Gasteiger partial charge in [-0.15, -0.1) is 0 Å². The van der Waals surface area contributed by atoms with Crippen molar-refractivity contribution in [3.8, 4) is 5.69 Å². The van der Waals surface area contributed by atoms with Gasteiger partial charge in [-0.1, -0.05) is 18.2 Å². The first-order valence-corrected chi connectivity index (χ1v) is 9.11. The molecule has 0 unspecified atom stereocenters. The SMILES string of the molecule is CC(C)(C)NC(=O)c1ccc(C(=O)NCc2cnn(-c3ccccc3)c2)cc1. The number of para-hydroxylation sites is 1. The van der Waals surface area contributed by atoms with Crippen molar-refractivity contribution in [3.05, 3.63) is 83.7 Å². The molecular weight excluding hydrogens is 352 g/mol. The van der Waals surface area contributed by atoms with Crippen LogP contribution in [0.25, 0.3) is 5.69 Å². The van der Waals surface area contributed by atoms with E-state index in [2.05, 4.69) is 15.7 Å². The van der Waals surface area contributed by atoms with Crippen molar-refractivity contribution in [2.24, 2.45) is 0 Å². The zero-order valence-corrected chi connectivity index (χ0v) is 16.3. The molecule has 2 aromatic carbocycles. The molecule has 3 rings (SSSR count). The van der Waals surface area contributed by atoms with Crippen LogP contribution in [0.4, 0.5) is 0 Å². The highest BCUT2D eigenvalue weighted by molar-refractivity contribution is 5.98. The molecule has 3 aromatic rings. The van der Waals surface area contributed by atoms with Crippen LogP contribution in [0.3, 0.4) is 0 Å². The molecule has 0 saturated heterocycles. The van der Waals surface area contributed by atoms with Crippen LogP contribution in [0.15, 0.2) is 67.0 Å². The monoisotopic (exact) mass is 376 g/mol. The molecule has 0 spiro atoms. The van der Waals surface area contributed by atoms with Crippen LogP contribution in [-0.4, -0.2) is 27.1 Å². The summed E-state index contributed by atoms with van der Waals surface area (Å²) in [6.45, 7) is 6.14. The molecule has 0 saturated carbocycles. The maximum absolute atomic E-state index is 12.4. The maximum Gasteiger partial charge on any atom is 0.251 e. The molecule has 0 aliphatic heterocycles. The number of rotatable bonds is 5. The Morgan fingerprint density at radius 2 is 1.54 bits per heavy atom. The first-order chi connectivity index (χ1) is 13.3. The fraction of sp³-hybridized carbons (Fsp3) is 0.227. The molecule has 0 aliphatic rings. The van der Waals surface area contributed by atoms with Gasteiger partial charge in [0.2, 0.25) is 0 Å². The van der Waals surface area contributed by atoms with Crippen LogP contribution in [0, 0.1) is 0 Å². The predicted molar refractivity (Wildman–Crippen MR) is 108 cm³/mol. The Labute approximate surface area is 164 Å². The minimum atomic E-state index is -0.308. The normalized spacial score (nSPS) is 11.1. The topological polar surface area (TPSA) is 76.0 Å². The van der Waals surface area contributed by atoms with Gasteiger partial charge in [0.05, 0.1) is 11.9 Å². The number of aromatic nitrogens is 2. The lowest BCUT2D eigenvalue weighted by Gasteiger charge is -2.20. The summed E-state index contributed by atoms with van der Waals surface area (Å²) in [5, 5.41) is 10.1. The Kier molecular flexibility index (Phi) is 5.59. The molecule has 0 radical (unpaired) electrons. The van der Waals surface area contributed by atoms with E-state index in [1.54, 1.807) is 35.1 Å². The highest BCUT2D eigenvalue weighted by atomic mass is 16.2. The molecule has 0 bridgehead atoms. The summed E-state index contributed by atoms with van der Waals surface area (Å²) in [5.74, 6) is -0.358. The standard InChI is InChI=1S/C22H24N4O2/c1-22(2,3)25-21(28)18-11-9-17(10-12-18)20(27)23-13-16-14-24-26(15-16)19-7-5-4-6-8-19/h4-12,14-15H,13H2,1-3H3,(H,23,27)(H,25,28). The number of nitrogens with one attached hydrogen (secondary N) is 2. The predicted octanol–water partition coefficient (Wildman–Crippen LogP) is 3.33. The fourth-order valence-electron chi connectivity index (χ4n) is 2.64. The van der Waals surface area contributed by atoms with Gasteiger partial charge in [-0.3, -0.25) is 9.59 Å². The zero-order valence-electron chi connectivity index (χ0n) is 16.3. The minimum absolute atomic E-state index is 0.159. The third kappa shape index (κ3) is 5.07. The molecule has 2 amide bonds. The quantitative estimate of drug-likeness (QED) is 0.717. The smallest absolute Gasteiger partial charge is 0.251 e. The number of hydrogen-bond acceptors (Lipinski definition) is 3. The van der Waals surface area contributed by atoms with E-state index in [1.165, 1.54) is 0 Å². The van der Waals surface area contributed by atoms with E-state index in [0.29, 0.717) is 17.7 Å². The van der Waals surface area contributed by atoms with Crippen molar-refractivity contribution < 1.29 is 9.59 Å². The second-order valence-electron chi connectivity index (χ2n) is 7.59. The molecule has 6 nitrogen and oxygen atoms in total. The summed E-state index contributed by atoms with van der Waals surface area (Å²) in [6, 6.07) is 16.4. The molecule has 0 fully saturated rings. The lowest BCUT2D eigenvalue weighted by atomic mass is 10.1. The highest BCUT2D eigenvalue weighted by Gasteiger charge is 2.15. The molecular formula is C22H24N4O2. The summed E-state index contributed by atoms with van der Waals surface area (Å²) in [7, 11) is 0. The van der Waals surface area contributed by atoms with Gasteiger partial charge in [0.1, 0.15) is 0 Å². The van der Waals surface area contributed by atoms with Crippen molar-refractivity contribution in [2.75, 3.05) is 0 Å². The summed E-state index contributed by atoms with van der Waals surface area (Å²) in [4.78, 5) is 24.5. The Bertz CT molecular complexity index is 954. The van der Waals surface area contributed by atoms with E-state index in [9.17, 15) is 9.59 Å². The number of hydrogen-bond donors (Lipinski definition) is 2. The van der Waals surface area contributed by atoms with Gasteiger partial charge in [-0.25, -0.2) is 4.68 Å². The van der Waals surface area contributed by atoms with Gasteiger partial charge in [0.15, 0.2) is 0 Å². The van der Waals surface area contributed by atoms with Crippen LogP contribution in [0.5, 0.6) is 0 Å². The number of nitrogens with zero attached hydrogens (tertiary/aromatic N) is 2. The van der Waals surface area contributed by atoms with Crippen LogP contribution in [-0.2, 0) is 6.54 Å². The molecule has 0 aliphatic carbocycles. The molecule has 6 heteroatoms. The third-order valence-corrected chi connectivity index (χ3v) is 4.01. The molecule has 0 atom stereocenters. The van der Waals surface area contributed by atoms with Crippen LogP contribution in [0.2, 0.25) is 0 Å². The Balaban J connectivity index is 1.58. The fourth-order valence-corrected chi connectivity index (χ4v) is 2.64. The van der Waals surface area contributed by atoms with E-state index in [1.807, 2.05) is 57.3 Å². The molecule has 2 N–H and O–H groups in total. The van der Waals surface area contributed by atoms with Gasteiger partial charge in [0.25, 0.3) is 11.8 Å². The second-order valence-corrected chi connectivity index (χ2v) is 7.59. The van der Waals surface area contributed by atoms with Crippen molar-refractivity contribution in [3.63, 3.8) is 0 Å². The molecule has 28 heavy (non-hydrogen) atoms. The molecule has 1 heterocycles. The van der Waals surface area contributed by atoms with E-state index in [-0.39, 0.29) is 17.4 Å². The van der Waals surface area contributed by atoms with Gasteiger partial charge < -0.3 is 10.6 Å². The first kappa shape index (κ1) is 19.4. The summed E-state index contributed by atoms with van der Waals surface area (Å²) >= 11 is 0. The van der Waals surface area contributed by atoms with Crippen LogP contribution >= 0.6 is 0 Å².